The van der Waals surface area contributed by atoms with Gasteiger partial charge in [0.2, 0.25) is 15.9 Å². The van der Waals surface area contributed by atoms with E-state index in [1.165, 1.54) is 0 Å². The van der Waals surface area contributed by atoms with E-state index >= 15 is 0 Å². The third-order valence-electron chi connectivity index (χ3n) is 5.31. The zero-order valence-corrected chi connectivity index (χ0v) is 20.4. The van der Waals surface area contributed by atoms with Crippen LogP contribution in [-0.2, 0) is 26.0 Å². The molecule has 0 aromatic heterocycles. The summed E-state index contributed by atoms with van der Waals surface area (Å²) in [6.45, 7) is 3.92. The molecule has 9 heteroatoms. The van der Waals surface area contributed by atoms with Crippen LogP contribution in [0.5, 0.6) is 5.75 Å². The van der Waals surface area contributed by atoms with Gasteiger partial charge in [-0.25, -0.2) is 8.42 Å². The van der Waals surface area contributed by atoms with E-state index in [1.54, 1.807) is 0 Å². The van der Waals surface area contributed by atoms with Gasteiger partial charge in [-0.1, -0.05) is 35.9 Å². The van der Waals surface area contributed by atoms with Gasteiger partial charge >= 0.3 is 0 Å². The Morgan fingerprint density at radius 3 is 2.45 bits per heavy atom. The molecule has 0 bridgehead atoms. The fourth-order valence-corrected chi connectivity index (χ4v) is 4.46. The van der Waals surface area contributed by atoms with E-state index in [1.807, 2.05) is 55.0 Å². The normalized spacial score (nSPS) is 13.0. The molecule has 0 saturated carbocycles. The first-order valence-electron chi connectivity index (χ1n) is 10.5. The van der Waals surface area contributed by atoms with Crippen LogP contribution in [0.2, 0.25) is 5.02 Å². The molecule has 2 amide bonds. The molecule has 1 aliphatic rings. The minimum absolute atomic E-state index is 0.380. The van der Waals surface area contributed by atoms with Gasteiger partial charge in [0.15, 0.2) is 0 Å². The average Bonchev–Trinajstić information content (AvgIpc) is 3.11. The van der Waals surface area contributed by atoms with Gasteiger partial charge in [0.05, 0.1) is 19.4 Å². The third kappa shape index (κ3) is 6.58. The summed E-state index contributed by atoms with van der Waals surface area (Å²) < 4.78 is 30.1. The summed E-state index contributed by atoms with van der Waals surface area (Å²) in [5.74, 6) is -0.412. The zero-order chi connectivity index (χ0) is 24.2. The highest BCUT2D eigenvalue weighted by molar-refractivity contribution is 7.89. The molecule has 2 aromatic carbocycles. The molecular formula is C24H27ClN2O5S. The van der Waals surface area contributed by atoms with Crippen molar-refractivity contribution in [3.05, 3.63) is 69.2 Å². The van der Waals surface area contributed by atoms with Crippen molar-refractivity contribution >= 4 is 39.0 Å². The first-order valence-corrected chi connectivity index (χ1v) is 12.8. The summed E-state index contributed by atoms with van der Waals surface area (Å²) in [4.78, 5) is 24.6. The maximum Gasteiger partial charge on any atom is 0.252 e. The minimum Gasteiger partial charge on any atom is -0.494 e. The van der Waals surface area contributed by atoms with Crippen molar-refractivity contribution in [2.45, 2.75) is 33.1 Å². The van der Waals surface area contributed by atoms with Crippen molar-refractivity contribution in [3.63, 3.8) is 0 Å². The fraction of sp³-hybridized carbons (Fsp3) is 0.333. The molecule has 0 spiro atoms. The second-order valence-electron chi connectivity index (χ2n) is 8.09. The van der Waals surface area contributed by atoms with Crippen molar-refractivity contribution in [1.82, 2.24) is 10.0 Å². The molecule has 3 rings (SSSR count). The van der Waals surface area contributed by atoms with E-state index in [4.69, 9.17) is 16.3 Å². The van der Waals surface area contributed by atoms with Crippen LogP contribution in [0.25, 0.3) is 5.57 Å². The van der Waals surface area contributed by atoms with Crippen molar-refractivity contribution < 1.29 is 22.7 Å². The number of fused-ring (bicyclic) bond motifs is 1. The second kappa shape index (κ2) is 10.4. The molecule has 1 aliphatic carbocycles. The number of ether oxygens (including phenoxy) is 1. The van der Waals surface area contributed by atoms with Crippen LogP contribution in [-0.4, -0.2) is 39.6 Å². The number of halogens is 1. The van der Waals surface area contributed by atoms with E-state index < -0.39 is 22.5 Å². The van der Waals surface area contributed by atoms with Gasteiger partial charge in [0, 0.05) is 17.0 Å². The molecule has 0 atom stereocenters. The average molecular weight is 491 g/mol. The van der Waals surface area contributed by atoms with E-state index in [-0.39, 0.29) is 5.91 Å². The summed E-state index contributed by atoms with van der Waals surface area (Å²) in [6.07, 6.45) is 2.66. The number of rotatable bonds is 9. The first-order chi connectivity index (χ1) is 15.5. The van der Waals surface area contributed by atoms with Gasteiger partial charge in [-0.05, 0) is 66.6 Å². The summed E-state index contributed by atoms with van der Waals surface area (Å²) in [5, 5.41) is 3.26. The molecule has 0 heterocycles. The number of carbonyl (C=O) groups is 2. The van der Waals surface area contributed by atoms with E-state index in [2.05, 4.69) is 5.32 Å². The smallest absolute Gasteiger partial charge is 0.252 e. The predicted molar refractivity (Wildman–Crippen MR) is 129 cm³/mol. The molecule has 0 saturated heterocycles. The summed E-state index contributed by atoms with van der Waals surface area (Å²) in [5.41, 5.74) is 5.47. The lowest BCUT2D eigenvalue weighted by Crippen LogP contribution is -2.39. The van der Waals surface area contributed by atoms with Crippen LogP contribution in [0.4, 0.5) is 0 Å². The van der Waals surface area contributed by atoms with Crippen LogP contribution >= 0.6 is 11.6 Å². The van der Waals surface area contributed by atoms with Gasteiger partial charge in [-0.15, -0.1) is 0 Å². The Morgan fingerprint density at radius 1 is 1.12 bits per heavy atom. The second-order valence-corrected chi connectivity index (χ2v) is 10.2. The zero-order valence-electron chi connectivity index (χ0n) is 18.8. The number of hydrogen-bond acceptors (Lipinski definition) is 5. The highest BCUT2D eigenvalue weighted by atomic mass is 35.5. The maximum absolute atomic E-state index is 12.8. The van der Waals surface area contributed by atoms with Gasteiger partial charge < -0.3 is 10.1 Å². The number of nitrogens with one attached hydrogen (secondary N) is 2. The summed E-state index contributed by atoms with van der Waals surface area (Å²) >= 11 is 6.21. The SMILES string of the molecule is Cc1cc(OCCCC2=C(C(=O)NCC(=O)NS(C)(=O)=O)Cc3ccccc32)cc(C)c1Cl. The lowest BCUT2D eigenvalue weighted by molar-refractivity contribution is -0.123. The van der Waals surface area contributed by atoms with Crippen molar-refractivity contribution in [1.29, 1.82) is 0 Å². The standard InChI is InChI=1S/C24H27ClN2O5S/c1-15-11-18(12-16(2)23(15)25)32-10-6-9-20-19-8-5-4-7-17(19)13-21(20)24(29)26-14-22(28)27-33(3,30)31/h4-5,7-8,11-12H,6,9-10,13-14H2,1-3H3,(H,26,29)(H,27,28). The van der Waals surface area contributed by atoms with Crippen LogP contribution in [0, 0.1) is 13.8 Å². The van der Waals surface area contributed by atoms with Gasteiger partial charge in [0.25, 0.3) is 5.91 Å². The van der Waals surface area contributed by atoms with E-state index in [0.29, 0.717) is 31.4 Å². The molecule has 0 unspecified atom stereocenters. The Balaban J connectivity index is 1.66. The number of aryl methyl sites for hydroxylation is 2. The predicted octanol–water partition coefficient (Wildman–Crippen LogP) is 3.32. The molecule has 2 N–H and O–H groups in total. The van der Waals surface area contributed by atoms with Crippen LogP contribution < -0.4 is 14.8 Å². The monoisotopic (exact) mass is 490 g/mol. The van der Waals surface area contributed by atoms with Crippen molar-refractivity contribution in [2.75, 3.05) is 19.4 Å². The topological polar surface area (TPSA) is 102 Å². The number of allylic oxidation sites excluding steroid dienone is 1. The highest BCUT2D eigenvalue weighted by Gasteiger charge is 2.26. The molecule has 0 radical (unpaired) electrons. The Bertz CT molecular complexity index is 1200. The van der Waals surface area contributed by atoms with Crippen molar-refractivity contribution in [2.24, 2.45) is 0 Å². The maximum atomic E-state index is 12.8. The van der Waals surface area contributed by atoms with Crippen LogP contribution in [0.15, 0.2) is 42.0 Å². The lowest BCUT2D eigenvalue weighted by Gasteiger charge is -2.12. The van der Waals surface area contributed by atoms with Gasteiger partial charge in [-0.3, -0.25) is 14.3 Å². The molecule has 176 valence electrons. The molecule has 0 fully saturated rings. The quantitative estimate of drug-likeness (QED) is 0.525. The van der Waals surface area contributed by atoms with E-state index in [0.717, 1.165) is 44.9 Å². The lowest BCUT2D eigenvalue weighted by atomic mass is 10.0. The number of benzene rings is 2. The van der Waals surface area contributed by atoms with E-state index in [9.17, 15) is 18.0 Å². The summed E-state index contributed by atoms with van der Waals surface area (Å²) in [7, 11) is -3.67. The van der Waals surface area contributed by atoms with Gasteiger partial charge in [-0.2, -0.15) is 0 Å². The highest BCUT2D eigenvalue weighted by Crippen LogP contribution is 2.36. The number of amides is 2. The number of carbonyl (C=O) groups excluding carboxylic acids is 2. The third-order valence-corrected chi connectivity index (χ3v) is 6.50. The Kier molecular flexibility index (Phi) is 7.81. The first kappa shape index (κ1) is 24.8. The minimum atomic E-state index is -3.67. The molecule has 7 nitrogen and oxygen atoms in total. The molecular weight excluding hydrogens is 464 g/mol. The fourth-order valence-electron chi connectivity index (χ4n) is 3.87. The molecule has 2 aromatic rings. The Morgan fingerprint density at radius 2 is 1.79 bits per heavy atom. The van der Waals surface area contributed by atoms with Crippen LogP contribution in [0.1, 0.15) is 35.1 Å². The number of hydrogen-bond donors (Lipinski definition) is 2. The molecule has 0 aliphatic heterocycles. The van der Waals surface area contributed by atoms with Crippen LogP contribution in [0.3, 0.4) is 0 Å². The summed E-state index contributed by atoms with van der Waals surface area (Å²) in [6, 6.07) is 11.6. The number of sulfonamides is 1. The van der Waals surface area contributed by atoms with Gasteiger partial charge in [0.1, 0.15) is 5.75 Å². The molecule has 33 heavy (non-hydrogen) atoms. The largest absolute Gasteiger partial charge is 0.494 e. The Labute approximate surface area is 199 Å². The van der Waals surface area contributed by atoms with Crippen molar-refractivity contribution in [3.8, 4) is 5.75 Å². The Hall–Kier alpha value is -2.84.